The van der Waals surface area contributed by atoms with E-state index in [-0.39, 0.29) is 31.1 Å². The molecule has 6 heteroatoms. The van der Waals surface area contributed by atoms with Crippen LogP contribution in [-0.2, 0) is 10.2 Å². The van der Waals surface area contributed by atoms with Crippen molar-refractivity contribution in [2.45, 2.75) is 38.4 Å². The summed E-state index contributed by atoms with van der Waals surface area (Å²) in [4.78, 5) is 0. The highest BCUT2D eigenvalue weighted by Gasteiger charge is 2.24. The number of ether oxygens (including phenoxy) is 3. The largest absolute Gasteiger partial charge is 0.491 e. The Morgan fingerprint density at radius 1 is 0.897 bits per heavy atom. The summed E-state index contributed by atoms with van der Waals surface area (Å²) in [6.45, 7) is 6.93. The van der Waals surface area contributed by atoms with Crippen LogP contribution in [0.25, 0.3) is 0 Å². The van der Waals surface area contributed by atoms with Crippen molar-refractivity contribution in [1.29, 1.82) is 0 Å². The number of hydrogen-bond acceptors (Lipinski definition) is 5. The summed E-state index contributed by atoms with van der Waals surface area (Å²) in [5.74, 6) is 1.60. The van der Waals surface area contributed by atoms with E-state index in [1.54, 1.807) is 7.11 Å². The summed E-state index contributed by atoms with van der Waals surface area (Å²) in [5, 5.41) is 19.3. The first-order valence-corrected chi connectivity index (χ1v) is 10.2. The molecule has 2 aromatic rings. The highest BCUT2D eigenvalue weighted by atomic mass is 35.5. The molecule has 160 valence electrons. The molecule has 5 nitrogen and oxygen atoms in total. The van der Waals surface area contributed by atoms with Gasteiger partial charge in [0.1, 0.15) is 36.9 Å². The molecule has 2 rings (SSSR count). The van der Waals surface area contributed by atoms with Crippen molar-refractivity contribution >= 4 is 11.6 Å². The predicted molar refractivity (Wildman–Crippen MR) is 115 cm³/mol. The average Bonchev–Trinajstić information content (AvgIpc) is 2.71. The van der Waals surface area contributed by atoms with E-state index >= 15 is 0 Å². The number of methoxy groups -OCH3 is 1. The maximum Gasteiger partial charge on any atom is 0.122 e. The molecule has 0 amide bonds. The summed E-state index contributed by atoms with van der Waals surface area (Å²) >= 11 is 5.61. The van der Waals surface area contributed by atoms with E-state index in [9.17, 15) is 10.2 Å². The minimum atomic E-state index is -0.677. The lowest BCUT2D eigenvalue weighted by Crippen LogP contribution is -2.23. The summed E-state index contributed by atoms with van der Waals surface area (Å²) in [5.41, 5.74) is 3.09. The SMILES string of the molecule is COC[C@@H](O)COc1ccc(C(C)(C)c2ccc(OC[C@@H](O)CCl)c(C)c2)cc1. The van der Waals surface area contributed by atoms with Gasteiger partial charge in [-0.05, 0) is 41.8 Å². The number of hydrogen-bond donors (Lipinski definition) is 2. The summed E-state index contributed by atoms with van der Waals surface area (Å²) in [7, 11) is 1.55. The maximum atomic E-state index is 9.69. The number of aryl methyl sites for hydroxylation is 1. The monoisotopic (exact) mass is 422 g/mol. The van der Waals surface area contributed by atoms with Gasteiger partial charge in [-0.25, -0.2) is 0 Å². The second kappa shape index (κ2) is 10.8. The molecule has 29 heavy (non-hydrogen) atoms. The summed E-state index contributed by atoms with van der Waals surface area (Å²) in [6, 6.07) is 14.0. The zero-order chi connectivity index (χ0) is 21.4. The lowest BCUT2D eigenvalue weighted by molar-refractivity contribution is 0.0325. The Morgan fingerprint density at radius 2 is 1.52 bits per heavy atom. The van der Waals surface area contributed by atoms with Crippen molar-refractivity contribution in [2.75, 3.05) is 32.8 Å². The van der Waals surface area contributed by atoms with Crippen LogP contribution in [0.3, 0.4) is 0 Å². The second-order valence-electron chi connectivity index (χ2n) is 7.67. The minimum absolute atomic E-state index is 0.148. The van der Waals surface area contributed by atoms with E-state index in [1.165, 1.54) is 0 Å². The Labute approximate surface area is 178 Å². The van der Waals surface area contributed by atoms with Gasteiger partial charge in [0.05, 0.1) is 12.5 Å². The van der Waals surface area contributed by atoms with Gasteiger partial charge in [0.15, 0.2) is 0 Å². The number of aliphatic hydroxyl groups excluding tert-OH is 2. The van der Waals surface area contributed by atoms with Gasteiger partial charge in [0, 0.05) is 12.5 Å². The Morgan fingerprint density at radius 3 is 2.10 bits per heavy atom. The Balaban J connectivity index is 2.08. The normalized spacial score (nSPS) is 13.8. The molecule has 0 saturated carbocycles. The first-order chi connectivity index (χ1) is 13.8. The molecule has 0 aliphatic heterocycles. The molecule has 0 spiro atoms. The van der Waals surface area contributed by atoms with Crippen molar-refractivity contribution in [2.24, 2.45) is 0 Å². The summed E-state index contributed by atoms with van der Waals surface area (Å²) in [6.07, 6.45) is -1.33. The van der Waals surface area contributed by atoms with E-state index in [0.717, 1.165) is 22.4 Å². The van der Waals surface area contributed by atoms with Crippen LogP contribution in [0.5, 0.6) is 11.5 Å². The van der Waals surface area contributed by atoms with E-state index in [1.807, 2.05) is 43.3 Å². The quantitative estimate of drug-likeness (QED) is 0.540. The van der Waals surface area contributed by atoms with Crippen molar-refractivity contribution in [1.82, 2.24) is 0 Å². The predicted octanol–water partition coefficient (Wildman–Crippen LogP) is 3.69. The zero-order valence-electron chi connectivity index (χ0n) is 17.5. The fourth-order valence-corrected chi connectivity index (χ4v) is 3.09. The van der Waals surface area contributed by atoms with Crippen LogP contribution in [-0.4, -0.2) is 55.2 Å². The summed E-state index contributed by atoms with van der Waals surface area (Å²) < 4.78 is 16.2. The molecule has 0 saturated heterocycles. The third-order valence-corrected chi connectivity index (χ3v) is 5.24. The molecule has 0 radical (unpaired) electrons. The van der Waals surface area contributed by atoms with Gasteiger partial charge in [-0.15, -0.1) is 11.6 Å². The number of halogens is 1. The maximum absolute atomic E-state index is 9.69. The Bertz CT molecular complexity index is 760. The molecule has 0 heterocycles. The number of alkyl halides is 1. The molecule has 0 fully saturated rings. The first-order valence-electron chi connectivity index (χ1n) is 9.66. The van der Waals surface area contributed by atoms with Crippen LogP contribution >= 0.6 is 11.6 Å². The van der Waals surface area contributed by atoms with Crippen LogP contribution in [0.1, 0.15) is 30.5 Å². The highest BCUT2D eigenvalue weighted by Crippen LogP contribution is 2.34. The molecular weight excluding hydrogens is 392 g/mol. The second-order valence-corrected chi connectivity index (χ2v) is 7.98. The van der Waals surface area contributed by atoms with Gasteiger partial charge in [0.25, 0.3) is 0 Å². The molecule has 2 atom stereocenters. The highest BCUT2D eigenvalue weighted by molar-refractivity contribution is 6.18. The van der Waals surface area contributed by atoms with Crippen LogP contribution in [0.2, 0.25) is 0 Å². The number of benzene rings is 2. The molecule has 2 N–H and O–H groups in total. The lowest BCUT2D eigenvalue weighted by Gasteiger charge is -2.27. The van der Waals surface area contributed by atoms with E-state index in [0.29, 0.717) is 5.75 Å². The van der Waals surface area contributed by atoms with Gasteiger partial charge in [-0.3, -0.25) is 0 Å². The smallest absolute Gasteiger partial charge is 0.122 e. The van der Waals surface area contributed by atoms with Crippen LogP contribution in [0.15, 0.2) is 42.5 Å². The van der Waals surface area contributed by atoms with Gasteiger partial charge in [0.2, 0.25) is 0 Å². The van der Waals surface area contributed by atoms with Crippen molar-refractivity contribution in [3.05, 3.63) is 59.2 Å². The number of rotatable bonds is 11. The fraction of sp³-hybridized carbons (Fsp3) is 0.478. The van der Waals surface area contributed by atoms with Gasteiger partial charge >= 0.3 is 0 Å². The van der Waals surface area contributed by atoms with Crippen molar-refractivity contribution < 1.29 is 24.4 Å². The fourth-order valence-electron chi connectivity index (χ4n) is 3.00. The standard InChI is InChI=1S/C23H31ClO5/c1-16-11-18(7-10-22(16)29-14-19(25)12-24)23(2,3)17-5-8-21(9-6-17)28-15-20(26)13-27-4/h5-11,19-20,25-26H,12-15H2,1-4H3/t19-,20+/m0/s1. The Hall–Kier alpha value is -1.79. The Kier molecular flexibility index (Phi) is 8.78. The van der Waals surface area contributed by atoms with Crippen LogP contribution in [0.4, 0.5) is 0 Å². The zero-order valence-corrected chi connectivity index (χ0v) is 18.3. The molecule has 0 aliphatic carbocycles. The average molecular weight is 423 g/mol. The molecule has 0 unspecified atom stereocenters. The molecule has 0 aromatic heterocycles. The van der Waals surface area contributed by atoms with Crippen molar-refractivity contribution in [3.63, 3.8) is 0 Å². The third-order valence-electron chi connectivity index (χ3n) is 4.88. The van der Waals surface area contributed by atoms with Crippen LogP contribution in [0, 0.1) is 6.92 Å². The molecule has 0 bridgehead atoms. The first kappa shape index (κ1) is 23.5. The lowest BCUT2D eigenvalue weighted by atomic mass is 9.77. The van der Waals surface area contributed by atoms with E-state index in [4.69, 9.17) is 25.8 Å². The number of aliphatic hydroxyl groups is 2. The van der Waals surface area contributed by atoms with Gasteiger partial charge in [-0.1, -0.05) is 38.1 Å². The van der Waals surface area contributed by atoms with Crippen LogP contribution < -0.4 is 9.47 Å². The van der Waals surface area contributed by atoms with E-state index in [2.05, 4.69) is 19.9 Å². The van der Waals surface area contributed by atoms with Gasteiger partial charge in [-0.2, -0.15) is 0 Å². The third kappa shape index (κ3) is 6.61. The van der Waals surface area contributed by atoms with Gasteiger partial charge < -0.3 is 24.4 Å². The molecule has 0 aliphatic rings. The molecule has 2 aromatic carbocycles. The molecular formula is C23H31ClO5. The van der Waals surface area contributed by atoms with E-state index < -0.39 is 12.2 Å². The topological polar surface area (TPSA) is 68.2 Å². The van der Waals surface area contributed by atoms with Crippen molar-refractivity contribution in [3.8, 4) is 11.5 Å². The minimum Gasteiger partial charge on any atom is -0.491 e.